The van der Waals surface area contributed by atoms with Crippen LogP contribution in [0.15, 0.2) is 33.8 Å². The van der Waals surface area contributed by atoms with Crippen LogP contribution in [-0.2, 0) is 4.79 Å². The second kappa shape index (κ2) is 3.95. The molecule has 2 rings (SSSR count). The van der Waals surface area contributed by atoms with E-state index in [0.29, 0.717) is 0 Å². The van der Waals surface area contributed by atoms with E-state index in [1.807, 2.05) is 6.08 Å². The zero-order chi connectivity index (χ0) is 12.6. The van der Waals surface area contributed by atoms with Crippen LogP contribution in [0.3, 0.4) is 0 Å². The summed E-state index contributed by atoms with van der Waals surface area (Å²) in [6, 6.07) is -0.0917. The van der Waals surface area contributed by atoms with E-state index in [1.165, 1.54) is 11.8 Å². The summed E-state index contributed by atoms with van der Waals surface area (Å²) in [5.41, 5.74) is 6.75. The number of carbonyl (C=O) groups is 1. The highest BCUT2D eigenvalue weighted by molar-refractivity contribution is 6.60. The van der Waals surface area contributed by atoms with Crippen molar-refractivity contribution >= 4 is 17.8 Å². The third-order valence-electron chi connectivity index (χ3n) is 2.95. The predicted molar refractivity (Wildman–Crippen MR) is 69.4 cm³/mol. The Hall–Kier alpha value is -1.71. The van der Waals surface area contributed by atoms with Crippen molar-refractivity contribution in [2.45, 2.75) is 32.9 Å². The molecule has 2 aliphatic rings. The van der Waals surface area contributed by atoms with Crippen molar-refractivity contribution < 1.29 is 4.79 Å². The largest absolute Gasteiger partial charge is 0.364 e. The second-order valence-electron chi connectivity index (χ2n) is 5.37. The summed E-state index contributed by atoms with van der Waals surface area (Å²) in [6.45, 7) is 6.44. The van der Waals surface area contributed by atoms with E-state index < -0.39 is 5.91 Å². The Labute approximate surface area is 101 Å². The minimum Gasteiger partial charge on any atom is -0.364 e. The molecule has 0 aromatic heterocycles. The molecule has 90 valence electrons. The number of rotatable bonds is 1. The van der Waals surface area contributed by atoms with Crippen LogP contribution in [0.1, 0.15) is 20.8 Å². The van der Waals surface area contributed by atoms with Gasteiger partial charge in [-0.05, 0) is 11.0 Å². The molecule has 0 saturated carbocycles. The molecule has 2 N–H and O–H groups in total. The lowest BCUT2D eigenvalue weighted by molar-refractivity contribution is -0.111. The molecule has 0 aromatic rings. The molecule has 0 spiro atoms. The van der Waals surface area contributed by atoms with E-state index in [2.05, 4.69) is 42.9 Å². The Balaban J connectivity index is 2.31. The molecule has 0 fully saturated rings. The third-order valence-corrected chi connectivity index (χ3v) is 2.95. The summed E-state index contributed by atoms with van der Waals surface area (Å²) in [5.74, 6) is -0.521. The Morgan fingerprint density at radius 1 is 1.35 bits per heavy atom. The summed E-state index contributed by atoms with van der Waals surface area (Å²) in [7, 11) is 0. The highest BCUT2D eigenvalue weighted by atomic mass is 16.1. The molecule has 0 saturated heterocycles. The molecule has 0 radical (unpaired) electrons. The van der Waals surface area contributed by atoms with E-state index in [0.717, 1.165) is 0 Å². The van der Waals surface area contributed by atoms with E-state index in [9.17, 15) is 4.79 Å². The van der Waals surface area contributed by atoms with Crippen molar-refractivity contribution in [2.75, 3.05) is 0 Å². The number of carbonyl (C=O) groups excluding carboxylic acids is 1. The van der Waals surface area contributed by atoms with Crippen LogP contribution in [0.2, 0.25) is 0 Å². The molecule has 2 atom stereocenters. The van der Waals surface area contributed by atoms with Crippen LogP contribution in [0, 0.1) is 5.41 Å². The lowest BCUT2D eigenvalue weighted by Crippen LogP contribution is -2.34. The van der Waals surface area contributed by atoms with Gasteiger partial charge >= 0.3 is 0 Å². The van der Waals surface area contributed by atoms with Gasteiger partial charge in [0.25, 0.3) is 5.91 Å². The molecular formula is C13H17N3O. The molecule has 0 bridgehead atoms. The molecule has 0 aromatic carbocycles. The minimum atomic E-state index is -0.521. The average Bonchev–Trinajstić information content (AvgIpc) is 2.26. The maximum atomic E-state index is 11.1. The van der Waals surface area contributed by atoms with Gasteiger partial charge in [0.1, 0.15) is 5.71 Å². The van der Waals surface area contributed by atoms with Gasteiger partial charge in [-0.2, -0.15) is 0 Å². The monoisotopic (exact) mass is 231 g/mol. The first-order valence-electron chi connectivity index (χ1n) is 5.69. The fraction of sp³-hybridized carbons (Fsp3) is 0.462. The van der Waals surface area contributed by atoms with E-state index in [4.69, 9.17) is 5.73 Å². The molecule has 1 heterocycles. The fourth-order valence-electron chi connectivity index (χ4n) is 1.88. The summed E-state index contributed by atoms with van der Waals surface area (Å²) in [5, 5.41) is 0. The number of nitrogens with two attached hydrogens (primary N) is 1. The van der Waals surface area contributed by atoms with E-state index in [-0.39, 0.29) is 23.2 Å². The number of aliphatic imine (C=N–C) groups is 2. The van der Waals surface area contributed by atoms with Gasteiger partial charge in [-0.3, -0.25) is 14.8 Å². The Morgan fingerprint density at radius 2 is 2.06 bits per heavy atom. The smallest absolute Gasteiger partial charge is 0.268 e. The molecule has 4 nitrogen and oxygen atoms in total. The first-order valence-corrected chi connectivity index (χ1v) is 5.69. The number of nitrogens with zero attached hydrogens (tertiary/aromatic N) is 2. The van der Waals surface area contributed by atoms with Gasteiger partial charge in [-0.1, -0.05) is 39.0 Å². The number of primary amides is 1. The second-order valence-corrected chi connectivity index (χ2v) is 5.37. The van der Waals surface area contributed by atoms with Crippen LogP contribution >= 0.6 is 0 Å². The molecule has 1 amide bonds. The zero-order valence-corrected chi connectivity index (χ0v) is 10.3. The van der Waals surface area contributed by atoms with Gasteiger partial charge in [0.15, 0.2) is 0 Å². The Morgan fingerprint density at radius 3 is 2.65 bits per heavy atom. The van der Waals surface area contributed by atoms with Crippen molar-refractivity contribution in [3.63, 3.8) is 0 Å². The summed E-state index contributed by atoms with van der Waals surface area (Å²) in [4.78, 5) is 19.7. The molecule has 2 unspecified atom stereocenters. The van der Waals surface area contributed by atoms with Gasteiger partial charge < -0.3 is 5.73 Å². The topological polar surface area (TPSA) is 67.8 Å². The lowest BCUT2D eigenvalue weighted by Gasteiger charge is -2.28. The van der Waals surface area contributed by atoms with Crippen molar-refractivity contribution in [3.8, 4) is 0 Å². The van der Waals surface area contributed by atoms with Crippen LogP contribution in [-0.4, -0.2) is 29.9 Å². The van der Waals surface area contributed by atoms with Gasteiger partial charge in [0.05, 0.1) is 18.3 Å². The maximum absolute atomic E-state index is 11.1. The van der Waals surface area contributed by atoms with Gasteiger partial charge in [-0.15, -0.1) is 0 Å². The highest BCUT2D eigenvalue weighted by Gasteiger charge is 2.27. The van der Waals surface area contributed by atoms with Crippen molar-refractivity contribution in [1.29, 1.82) is 0 Å². The first kappa shape index (κ1) is 11.8. The summed E-state index contributed by atoms with van der Waals surface area (Å²) < 4.78 is 0. The van der Waals surface area contributed by atoms with Crippen LogP contribution in [0.4, 0.5) is 0 Å². The molecule has 1 aliphatic carbocycles. The van der Waals surface area contributed by atoms with Gasteiger partial charge in [0, 0.05) is 0 Å². The number of allylic oxidation sites excluding steroid dienone is 2. The average molecular weight is 231 g/mol. The molecule has 4 heteroatoms. The van der Waals surface area contributed by atoms with Crippen molar-refractivity contribution in [1.82, 2.24) is 0 Å². The fourth-order valence-corrected chi connectivity index (χ4v) is 1.88. The number of fused-ring (bicyclic) bond motifs is 1. The maximum Gasteiger partial charge on any atom is 0.268 e. The van der Waals surface area contributed by atoms with Crippen molar-refractivity contribution in [3.05, 3.63) is 23.8 Å². The molecule has 17 heavy (non-hydrogen) atoms. The Kier molecular flexibility index (Phi) is 2.73. The third kappa shape index (κ3) is 2.35. The number of amides is 1. The SMILES string of the molecule is CC(C)(C)C1=CC2N=C(C(N)=O)C=NC2C=C1. The Bertz CT molecular complexity index is 464. The molecule has 1 aliphatic heterocycles. The van der Waals surface area contributed by atoms with Gasteiger partial charge in [-0.25, -0.2) is 0 Å². The lowest BCUT2D eigenvalue weighted by atomic mass is 9.81. The van der Waals surface area contributed by atoms with E-state index >= 15 is 0 Å². The van der Waals surface area contributed by atoms with Crippen molar-refractivity contribution in [2.24, 2.45) is 21.1 Å². The summed E-state index contributed by atoms with van der Waals surface area (Å²) in [6.07, 6.45) is 7.65. The zero-order valence-electron chi connectivity index (χ0n) is 10.3. The minimum absolute atomic E-state index is 0.00389. The predicted octanol–water partition coefficient (Wildman–Crippen LogP) is 1.28. The number of hydrogen-bond donors (Lipinski definition) is 1. The normalized spacial score (nSPS) is 27.2. The molecular weight excluding hydrogens is 214 g/mol. The van der Waals surface area contributed by atoms with Gasteiger partial charge in [0.2, 0.25) is 0 Å². The van der Waals surface area contributed by atoms with Crippen LogP contribution in [0.25, 0.3) is 0 Å². The standard InChI is InChI=1S/C13H17N3O/c1-13(2,3)8-4-5-9-10(6-8)16-11(7-15-9)12(14)17/h4-7,9-10H,1-3H3,(H2,14,17). The summed E-state index contributed by atoms with van der Waals surface area (Å²) >= 11 is 0. The van der Waals surface area contributed by atoms with Crippen LogP contribution in [0.5, 0.6) is 0 Å². The first-order chi connectivity index (χ1) is 7.88. The quantitative estimate of drug-likeness (QED) is 0.725. The van der Waals surface area contributed by atoms with Crippen LogP contribution < -0.4 is 5.73 Å². The van der Waals surface area contributed by atoms with E-state index in [1.54, 1.807) is 0 Å². The number of hydrogen-bond acceptors (Lipinski definition) is 3. The highest BCUT2D eigenvalue weighted by Crippen LogP contribution is 2.31.